The van der Waals surface area contributed by atoms with E-state index in [1.54, 1.807) is 7.11 Å². The molecule has 128 valence electrons. The second-order valence-corrected chi connectivity index (χ2v) is 5.96. The van der Waals surface area contributed by atoms with Gasteiger partial charge in [-0.2, -0.15) is 0 Å². The Morgan fingerprint density at radius 2 is 2.04 bits per heavy atom. The lowest BCUT2D eigenvalue weighted by Crippen LogP contribution is -2.45. The number of carboxylic acids is 1. The Morgan fingerprint density at radius 3 is 2.57 bits per heavy atom. The van der Waals surface area contributed by atoms with Gasteiger partial charge in [0.1, 0.15) is 17.6 Å². The number of hydrogen-bond donors (Lipinski definition) is 3. The summed E-state index contributed by atoms with van der Waals surface area (Å²) in [6.07, 6.45) is 2.55. The number of rotatable bonds is 6. The van der Waals surface area contributed by atoms with Gasteiger partial charge in [0.15, 0.2) is 0 Å². The summed E-state index contributed by atoms with van der Waals surface area (Å²) in [5, 5.41) is 14.7. The number of urea groups is 1. The van der Waals surface area contributed by atoms with Crippen LogP contribution in [0.15, 0.2) is 16.5 Å². The van der Waals surface area contributed by atoms with E-state index in [-0.39, 0.29) is 24.0 Å². The third kappa shape index (κ3) is 4.99. The number of nitrogens with one attached hydrogen (secondary N) is 2. The highest BCUT2D eigenvalue weighted by molar-refractivity contribution is 5.75. The first-order chi connectivity index (χ1) is 11.0. The van der Waals surface area contributed by atoms with Gasteiger partial charge in [0.25, 0.3) is 0 Å². The van der Waals surface area contributed by atoms with Crippen molar-refractivity contribution in [2.75, 3.05) is 13.7 Å². The van der Waals surface area contributed by atoms with Crippen molar-refractivity contribution in [1.82, 2.24) is 10.6 Å². The highest BCUT2D eigenvalue weighted by Crippen LogP contribution is 2.24. The first-order valence-corrected chi connectivity index (χ1v) is 7.84. The van der Waals surface area contributed by atoms with Crippen LogP contribution in [0.5, 0.6) is 0 Å². The van der Waals surface area contributed by atoms with Crippen LogP contribution in [-0.4, -0.2) is 36.9 Å². The van der Waals surface area contributed by atoms with E-state index in [0.29, 0.717) is 38.1 Å². The Morgan fingerprint density at radius 1 is 1.35 bits per heavy atom. The normalized spacial score (nSPS) is 22.3. The van der Waals surface area contributed by atoms with Crippen LogP contribution < -0.4 is 10.6 Å². The average Bonchev–Trinajstić information content (AvgIpc) is 2.94. The Hall–Kier alpha value is -2.02. The van der Waals surface area contributed by atoms with E-state index in [4.69, 9.17) is 14.3 Å². The summed E-state index contributed by atoms with van der Waals surface area (Å²) in [4.78, 5) is 23.1. The molecule has 7 heteroatoms. The molecule has 0 aromatic carbocycles. The number of methoxy groups -OCH3 is 1. The van der Waals surface area contributed by atoms with Gasteiger partial charge in [-0.25, -0.2) is 4.79 Å². The van der Waals surface area contributed by atoms with Gasteiger partial charge in [-0.05, 0) is 44.7 Å². The number of ether oxygens (including phenoxy) is 1. The predicted octanol–water partition coefficient (Wildman–Crippen LogP) is 2.22. The SMILES string of the molecule is COCC(NC(=O)NC1CCC(C(=O)O)CC1)c1ccc(C)o1. The Balaban J connectivity index is 1.84. The third-order valence-corrected chi connectivity index (χ3v) is 4.15. The summed E-state index contributed by atoms with van der Waals surface area (Å²) in [5.74, 6) is 0.383. The molecule has 1 atom stereocenters. The second kappa shape index (κ2) is 8.01. The van der Waals surface area contributed by atoms with Crippen LogP contribution in [0.25, 0.3) is 0 Å². The molecule has 7 nitrogen and oxygen atoms in total. The molecule has 1 aliphatic rings. The number of aryl methyl sites for hydroxylation is 1. The lowest BCUT2D eigenvalue weighted by atomic mass is 9.86. The van der Waals surface area contributed by atoms with Gasteiger partial charge in [-0.15, -0.1) is 0 Å². The number of amides is 2. The van der Waals surface area contributed by atoms with Crippen molar-refractivity contribution in [3.8, 4) is 0 Å². The summed E-state index contributed by atoms with van der Waals surface area (Å²) in [7, 11) is 1.57. The smallest absolute Gasteiger partial charge is 0.315 e. The van der Waals surface area contributed by atoms with Crippen molar-refractivity contribution in [2.45, 2.75) is 44.7 Å². The zero-order chi connectivity index (χ0) is 16.8. The molecule has 2 amide bonds. The highest BCUT2D eigenvalue weighted by Gasteiger charge is 2.27. The fraction of sp³-hybridized carbons (Fsp3) is 0.625. The van der Waals surface area contributed by atoms with Crippen LogP contribution in [0.2, 0.25) is 0 Å². The average molecular weight is 324 g/mol. The van der Waals surface area contributed by atoms with Gasteiger partial charge in [0.05, 0.1) is 12.5 Å². The molecule has 2 rings (SSSR count). The van der Waals surface area contributed by atoms with E-state index in [2.05, 4.69) is 10.6 Å². The van der Waals surface area contributed by atoms with Crippen molar-refractivity contribution in [3.05, 3.63) is 23.7 Å². The molecule has 1 saturated carbocycles. The van der Waals surface area contributed by atoms with Gasteiger partial charge in [0.2, 0.25) is 0 Å². The number of hydrogen-bond acceptors (Lipinski definition) is 4. The van der Waals surface area contributed by atoms with Crippen LogP contribution in [0.1, 0.15) is 43.2 Å². The molecule has 0 aliphatic heterocycles. The monoisotopic (exact) mass is 324 g/mol. The molecule has 1 unspecified atom stereocenters. The molecular formula is C16H24N2O5. The molecule has 0 bridgehead atoms. The Kier molecular flexibility index (Phi) is 6.04. The molecule has 1 heterocycles. The third-order valence-electron chi connectivity index (χ3n) is 4.15. The minimum atomic E-state index is -0.749. The molecule has 3 N–H and O–H groups in total. The van der Waals surface area contributed by atoms with E-state index in [1.165, 1.54) is 0 Å². The minimum absolute atomic E-state index is 0.00660. The van der Waals surface area contributed by atoms with Crippen LogP contribution in [0, 0.1) is 12.8 Å². The van der Waals surface area contributed by atoms with Crippen molar-refractivity contribution in [1.29, 1.82) is 0 Å². The van der Waals surface area contributed by atoms with Gasteiger partial charge < -0.3 is 24.9 Å². The standard InChI is InChI=1S/C16H24N2O5/c1-10-3-8-14(23-10)13(9-22-2)18-16(21)17-12-6-4-11(5-7-12)15(19)20/h3,8,11-13H,4-7,9H2,1-2H3,(H,19,20)(H2,17,18,21). The van der Waals surface area contributed by atoms with E-state index < -0.39 is 5.97 Å². The molecule has 0 radical (unpaired) electrons. The van der Waals surface area contributed by atoms with Crippen molar-refractivity contribution < 1.29 is 23.8 Å². The van der Waals surface area contributed by atoms with Crippen molar-refractivity contribution >= 4 is 12.0 Å². The topological polar surface area (TPSA) is 101 Å². The van der Waals surface area contributed by atoms with Crippen LogP contribution in [0.4, 0.5) is 4.79 Å². The number of carboxylic acid groups (broad SMARTS) is 1. The maximum atomic E-state index is 12.2. The lowest BCUT2D eigenvalue weighted by molar-refractivity contribution is -0.142. The zero-order valence-corrected chi connectivity index (χ0v) is 13.5. The fourth-order valence-corrected chi connectivity index (χ4v) is 2.87. The quantitative estimate of drug-likeness (QED) is 0.745. The molecule has 23 heavy (non-hydrogen) atoms. The maximum absolute atomic E-state index is 12.2. The molecular weight excluding hydrogens is 300 g/mol. The number of furan rings is 1. The van der Waals surface area contributed by atoms with E-state index in [1.807, 2.05) is 19.1 Å². The largest absolute Gasteiger partial charge is 0.481 e. The summed E-state index contributed by atoms with van der Waals surface area (Å²) in [6.45, 7) is 2.15. The van der Waals surface area contributed by atoms with Gasteiger partial charge in [0, 0.05) is 13.2 Å². The predicted molar refractivity (Wildman–Crippen MR) is 83.1 cm³/mol. The van der Waals surface area contributed by atoms with Crippen molar-refractivity contribution in [3.63, 3.8) is 0 Å². The summed E-state index contributed by atoms with van der Waals surface area (Å²) >= 11 is 0. The van der Waals surface area contributed by atoms with Crippen LogP contribution in [-0.2, 0) is 9.53 Å². The number of carbonyl (C=O) groups is 2. The maximum Gasteiger partial charge on any atom is 0.315 e. The molecule has 1 aliphatic carbocycles. The first kappa shape index (κ1) is 17.3. The van der Waals surface area contributed by atoms with Crippen LogP contribution >= 0.6 is 0 Å². The fourth-order valence-electron chi connectivity index (χ4n) is 2.87. The van der Waals surface area contributed by atoms with E-state index in [0.717, 1.165) is 5.76 Å². The zero-order valence-electron chi connectivity index (χ0n) is 13.5. The van der Waals surface area contributed by atoms with Gasteiger partial charge >= 0.3 is 12.0 Å². The summed E-state index contributed by atoms with van der Waals surface area (Å²) < 4.78 is 10.7. The van der Waals surface area contributed by atoms with Crippen molar-refractivity contribution in [2.24, 2.45) is 5.92 Å². The number of aliphatic carboxylic acids is 1. The molecule has 1 fully saturated rings. The highest BCUT2D eigenvalue weighted by atomic mass is 16.5. The van der Waals surface area contributed by atoms with E-state index >= 15 is 0 Å². The van der Waals surface area contributed by atoms with Gasteiger partial charge in [-0.1, -0.05) is 0 Å². The molecule has 1 aromatic heterocycles. The second-order valence-electron chi connectivity index (χ2n) is 5.96. The Labute approximate surface area is 135 Å². The first-order valence-electron chi connectivity index (χ1n) is 7.84. The number of carbonyl (C=O) groups excluding carboxylic acids is 1. The minimum Gasteiger partial charge on any atom is -0.481 e. The van der Waals surface area contributed by atoms with Gasteiger partial charge in [-0.3, -0.25) is 4.79 Å². The molecule has 0 spiro atoms. The van der Waals surface area contributed by atoms with Crippen LogP contribution in [0.3, 0.4) is 0 Å². The molecule has 0 saturated heterocycles. The van der Waals surface area contributed by atoms with E-state index in [9.17, 15) is 9.59 Å². The summed E-state index contributed by atoms with van der Waals surface area (Å²) in [5.41, 5.74) is 0. The lowest BCUT2D eigenvalue weighted by Gasteiger charge is -2.27. The molecule has 1 aromatic rings. The Bertz CT molecular complexity index is 534. The summed E-state index contributed by atoms with van der Waals surface area (Å²) in [6, 6.07) is 3.01.